The fourth-order valence-corrected chi connectivity index (χ4v) is 5.20. The van der Waals surface area contributed by atoms with Gasteiger partial charge in [-0.25, -0.2) is 0 Å². The fraction of sp³-hybridized carbons (Fsp3) is 0.943. The van der Waals surface area contributed by atoms with Gasteiger partial charge in [-0.05, 0) is 12.8 Å². The molecule has 0 rings (SSSR count). The molecule has 0 aliphatic carbocycles. The molecule has 0 heterocycles. The van der Waals surface area contributed by atoms with Gasteiger partial charge in [-0.3, -0.25) is 9.59 Å². The molecular formula is C35H68O5. The van der Waals surface area contributed by atoms with Crippen LogP contribution in [0.3, 0.4) is 0 Å². The summed E-state index contributed by atoms with van der Waals surface area (Å²) in [5.41, 5.74) is 0. The zero-order valence-electron chi connectivity index (χ0n) is 26.9. The number of carbonyl (C=O) groups is 2. The second-order valence-corrected chi connectivity index (χ2v) is 12.0. The van der Waals surface area contributed by atoms with Crippen LogP contribution in [0.4, 0.5) is 0 Å². The van der Waals surface area contributed by atoms with E-state index in [4.69, 9.17) is 9.47 Å². The molecular weight excluding hydrogens is 500 g/mol. The van der Waals surface area contributed by atoms with Crippen LogP contribution in [0.2, 0.25) is 0 Å². The molecule has 1 atom stereocenters. The van der Waals surface area contributed by atoms with Crippen molar-refractivity contribution in [2.45, 2.75) is 200 Å². The molecule has 0 spiro atoms. The Morgan fingerprint density at radius 1 is 0.475 bits per heavy atom. The maximum atomic E-state index is 12.1. The van der Waals surface area contributed by atoms with E-state index in [1.54, 1.807) is 0 Å². The van der Waals surface area contributed by atoms with Crippen molar-refractivity contribution >= 4 is 11.9 Å². The van der Waals surface area contributed by atoms with E-state index in [9.17, 15) is 14.7 Å². The smallest absolute Gasteiger partial charge is 0.306 e. The molecule has 0 fully saturated rings. The molecule has 5 heteroatoms. The van der Waals surface area contributed by atoms with Crippen molar-refractivity contribution in [3.8, 4) is 0 Å². The Labute approximate surface area is 248 Å². The van der Waals surface area contributed by atoms with E-state index >= 15 is 0 Å². The number of hydrogen-bond donors (Lipinski definition) is 1. The summed E-state index contributed by atoms with van der Waals surface area (Å²) in [4.78, 5) is 24.1. The van der Waals surface area contributed by atoms with Crippen LogP contribution in [-0.2, 0) is 19.1 Å². The number of carbonyl (C=O) groups excluding carboxylic acids is 2. The van der Waals surface area contributed by atoms with Crippen LogP contribution in [0.1, 0.15) is 194 Å². The average Bonchev–Trinajstić information content (AvgIpc) is 2.96. The average molecular weight is 569 g/mol. The van der Waals surface area contributed by atoms with E-state index in [0.29, 0.717) is 12.8 Å². The van der Waals surface area contributed by atoms with Crippen LogP contribution >= 0.6 is 0 Å². The second kappa shape index (κ2) is 32.4. The van der Waals surface area contributed by atoms with Crippen molar-refractivity contribution in [2.24, 2.45) is 0 Å². The molecule has 0 saturated carbocycles. The van der Waals surface area contributed by atoms with Crippen LogP contribution < -0.4 is 0 Å². The maximum absolute atomic E-state index is 12.1. The minimum atomic E-state index is -0.759. The number of aliphatic hydroxyl groups excluding tert-OH is 1. The highest BCUT2D eigenvalue weighted by molar-refractivity contribution is 5.70. The molecule has 1 unspecified atom stereocenters. The van der Waals surface area contributed by atoms with Crippen LogP contribution in [-0.4, -0.2) is 36.4 Å². The van der Waals surface area contributed by atoms with Crippen molar-refractivity contribution in [2.75, 3.05) is 13.2 Å². The standard InChI is InChI=1S/C35H68O5/c1-3-5-7-9-11-13-15-17-18-20-22-24-26-28-30-35(38)40-33(31-36)32-39-34(37)29-27-25-23-21-19-16-14-12-10-8-6-4-2/h33,36H,3-32H2,1-2H3. The molecule has 0 radical (unpaired) electrons. The van der Waals surface area contributed by atoms with Crippen molar-refractivity contribution in [3.05, 3.63) is 0 Å². The van der Waals surface area contributed by atoms with Gasteiger partial charge in [0.15, 0.2) is 6.10 Å². The maximum Gasteiger partial charge on any atom is 0.306 e. The second-order valence-electron chi connectivity index (χ2n) is 12.0. The Bertz CT molecular complexity index is 536. The Morgan fingerprint density at radius 2 is 0.775 bits per heavy atom. The lowest BCUT2D eigenvalue weighted by Gasteiger charge is -2.15. The molecule has 0 aromatic rings. The number of aliphatic hydroxyl groups is 1. The molecule has 0 aliphatic rings. The molecule has 1 N–H and O–H groups in total. The summed E-state index contributed by atoms with van der Waals surface area (Å²) in [6.07, 6.45) is 32.9. The SMILES string of the molecule is CCCCCCCCCCCCCCCCC(=O)OC(CO)COC(=O)CCCCCCCCCCCCCC. The quantitative estimate of drug-likeness (QED) is 0.0645. The van der Waals surface area contributed by atoms with Crippen molar-refractivity contribution < 1.29 is 24.2 Å². The van der Waals surface area contributed by atoms with Gasteiger partial charge < -0.3 is 14.6 Å². The monoisotopic (exact) mass is 569 g/mol. The molecule has 40 heavy (non-hydrogen) atoms. The molecule has 0 bridgehead atoms. The van der Waals surface area contributed by atoms with Crippen molar-refractivity contribution in [1.29, 1.82) is 0 Å². The fourth-order valence-electron chi connectivity index (χ4n) is 5.20. The van der Waals surface area contributed by atoms with Gasteiger partial charge >= 0.3 is 11.9 Å². The molecule has 0 aliphatic heterocycles. The first-order valence-electron chi connectivity index (χ1n) is 17.6. The van der Waals surface area contributed by atoms with Gasteiger partial charge in [0.25, 0.3) is 0 Å². The molecule has 0 saturated heterocycles. The zero-order valence-corrected chi connectivity index (χ0v) is 26.9. The Hall–Kier alpha value is -1.10. The topological polar surface area (TPSA) is 72.8 Å². The number of rotatable bonds is 32. The highest BCUT2D eigenvalue weighted by Crippen LogP contribution is 2.15. The van der Waals surface area contributed by atoms with Crippen LogP contribution in [0.25, 0.3) is 0 Å². The third-order valence-corrected chi connectivity index (χ3v) is 7.90. The summed E-state index contributed by atoms with van der Waals surface area (Å²) < 4.78 is 10.6. The van der Waals surface area contributed by atoms with Crippen LogP contribution in [0.15, 0.2) is 0 Å². The predicted octanol–water partition coefficient (Wildman–Crippen LogP) is 10.4. The Balaban J connectivity index is 3.52. The van der Waals surface area contributed by atoms with Crippen LogP contribution in [0.5, 0.6) is 0 Å². The summed E-state index contributed by atoms with van der Waals surface area (Å²) >= 11 is 0. The summed E-state index contributed by atoms with van der Waals surface area (Å²) in [5, 5.41) is 9.50. The van der Waals surface area contributed by atoms with Gasteiger partial charge in [0.2, 0.25) is 0 Å². The van der Waals surface area contributed by atoms with Gasteiger partial charge in [0.05, 0.1) is 6.61 Å². The number of hydrogen-bond acceptors (Lipinski definition) is 5. The highest BCUT2D eigenvalue weighted by atomic mass is 16.6. The first-order chi connectivity index (χ1) is 19.6. The van der Waals surface area contributed by atoms with E-state index in [1.807, 2.05) is 0 Å². The molecule has 238 valence electrons. The molecule has 0 aromatic heterocycles. The van der Waals surface area contributed by atoms with E-state index in [2.05, 4.69) is 13.8 Å². The summed E-state index contributed by atoms with van der Waals surface area (Å²) in [6.45, 7) is 4.14. The third kappa shape index (κ3) is 29.9. The first kappa shape index (κ1) is 38.9. The molecule has 0 amide bonds. The molecule has 5 nitrogen and oxygen atoms in total. The predicted molar refractivity (Wildman–Crippen MR) is 169 cm³/mol. The van der Waals surface area contributed by atoms with E-state index in [0.717, 1.165) is 32.1 Å². The first-order valence-corrected chi connectivity index (χ1v) is 17.6. The Morgan fingerprint density at radius 3 is 1.10 bits per heavy atom. The Kier molecular flexibility index (Phi) is 31.5. The van der Waals surface area contributed by atoms with E-state index in [1.165, 1.54) is 135 Å². The van der Waals surface area contributed by atoms with Gasteiger partial charge in [-0.2, -0.15) is 0 Å². The molecule has 0 aromatic carbocycles. The minimum Gasteiger partial charge on any atom is -0.462 e. The number of esters is 2. The van der Waals surface area contributed by atoms with Gasteiger partial charge in [0.1, 0.15) is 6.61 Å². The normalized spacial score (nSPS) is 12.0. The van der Waals surface area contributed by atoms with E-state index < -0.39 is 6.10 Å². The lowest BCUT2D eigenvalue weighted by Crippen LogP contribution is -2.28. The number of unbranched alkanes of at least 4 members (excludes halogenated alkanes) is 24. The lowest BCUT2D eigenvalue weighted by molar-refractivity contribution is -0.161. The minimum absolute atomic E-state index is 0.0575. The summed E-state index contributed by atoms with van der Waals surface area (Å²) in [7, 11) is 0. The van der Waals surface area contributed by atoms with E-state index in [-0.39, 0.29) is 25.2 Å². The summed E-state index contributed by atoms with van der Waals surface area (Å²) in [6, 6.07) is 0. The van der Waals surface area contributed by atoms with Crippen molar-refractivity contribution in [3.63, 3.8) is 0 Å². The number of ether oxygens (including phenoxy) is 2. The lowest BCUT2D eigenvalue weighted by atomic mass is 10.0. The zero-order chi connectivity index (χ0) is 29.4. The van der Waals surface area contributed by atoms with Gasteiger partial charge in [-0.15, -0.1) is 0 Å². The van der Waals surface area contributed by atoms with Gasteiger partial charge in [-0.1, -0.05) is 168 Å². The van der Waals surface area contributed by atoms with Crippen LogP contribution in [0, 0.1) is 0 Å². The summed E-state index contributed by atoms with van der Waals surface area (Å²) in [5.74, 6) is -0.580. The highest BCUT2D eigenvalue weighted by Gasteiger charge is 2.16. The third-order valence-electron chi connectivity index (χ3n) is 7.90. The van der Waals surface area contributed by atoms with Crippen molar-refractivity contribution in [1.82, 2.24) is 0 Å². The van der Waals surface area contributed by atoms with Gasteiger partial charge in [0, 0.05) is 12.8 Å². The largest absolute Gasteiger partial charge is 0.462 e.